The minimum Gasteiger partial charge on any atom is -0.377 e. The summed E-state index contributed by atoms with van der Waals surface area (Å²) in [6.07, 6.45) is 5.39. The van der Waals surface area contributed by atoms with Gasteiger partial charge in [-0.3, -0.25) is 4.79 Å². The van der Waals surface area contributed by atoms with Crippen LogP contribution in [0, 0.1) is 0 Å². The molecule has 2 aliphatic rings. The highest BCUT2D eigenvalue weighted by Gasteiger charge is 2.44. The zero-order valence-electron chi connectivity index (χ0n) is 16.4. The third-order valence-electron chi connectivity index (χ3n) is 5.68. The Morgan fingerprint density at radius 3 is 3.08 bits per heavy atom. The third-order valence-corrected chi connectivity index (χ3v) is 5.68. The summed E-state index contributed by atoms with van der Waals surface area (Å²) in [7, 11) is 2.14. The third kappa shape index (κ3) is 4.87. The number of likely N-dealkylation sites (N-methyl/N-ethyl adjacent to an activating group) is 1. The molecular formula is C20H33N3O3. The van der Waals surface area contributed by atoms with Crippen molar-refractivity contribution in [3.05, 3.63) is 24.0 Å². The van der Waals surface area contributed by atoms with Crippen LogP contribution in [0.4, 0.5) is 0 Å². The summed E-state index contributed by atoms with van der Waals surface area (Å²) < 4.78 is 12.3. The van der Waals surface area contributed by atoms with Crippen molar-refractivity contribution in [2.24, 2.45) is 0 Å². The van der Waals surface area contributed by atoms with Gasteiger partial charge in [-0.2, -0.15) is 0 Å². The number of hydrogen-bond acceptors (Lipinski definition) is 4. The first kappa shape index (κ1) is 19.4. The molecular weight excluding hydrogens is 330 g/mol. The molecule has 2 fully saturated rings. The number of aromatic nitrogens is 1. The molecule has 0 saturated carbocycles. The maximum Gasteiger partial charge on any atom is 0.223 e. The van der Waals surface area contributed by atoms with Gasteiger partial charge in [-0.1, -0.05) is 0 Å². The first-order valence-corrected chi connectivity index (χ1v) is 9.83. The zero-order valence-corrected chi connectivity index (χ0v) is 16.4. The van der Waals surface area contributed by atoms with Crippen molar-refractivity contribution in [3.63, 3.8) is 0 Å². The molecule has 1 spiro atoms. The molecule has 0 radical (unpaired) electrons. The fraction of sp³-hybridized carbons (Fsp3) is 0.750. The zero-order chi connectivity index (χ0) is 18.6. The molecule has 26 heavy (non-hydrogen) atoms. The van der Waals surface area contributed by atoms with E-state index in [2.05, 4.69) is 30.8 Å². The summed E-state index contributed by atoms with van der Waals surface area (Å²) in [6.45, 7) is 7.82. The van der Waals surface area contributed by atoms with Crippen molar-refractivity contribution >= 4 is 5.91 Å². The SMILES string of the molecule is CC(C)N(C)CC1CC[C@]2(COCCN(C(=O)CCc3ccc[nH]3)C2)O1. The number of carbonyl (C=O) groups excluding carboxylic acids is 1. The molecule has 1 aromatic rings. The average Bonchev–Trinajstić information content (AvgIpc) is 3.20. The van der Waals surface area contributed by atoms with Crippen LogP contribution in [-0.4, -0.2) is 78.3 Å². The van der Waals surface area contributed by atoms with Crippen molar-refractivity contribution in [2.45, 2.75) is 57.3 Å². The summed E-state index contributed by atoms with van der Waals surface area (Å²) >= 11 is 0. The molecule has 6 heteroatoms. The number of ether oxygens (including phenoxy) is 2. The lowest BCUT2D eigenvalue weighted by Crippen LogP contribution is -2.47. The molecule has 6 nitrogen and oxygen atoms in total. The molecule has 0 aliphatic carbocycles. The van der Waals surface area contributed by atoms with Gasteiger partial charge in [0.2, 0.25) is 5.91 Å². The van der Waals surface area contributed by atoms with Crippen LogP contribution in [0.5, 0.6) is 0 Å². The monoisotopic (exact) mass is 363 g/mol. The van der Waals surface area contributed by atoms with Gasteiger partial charge in [0.25, 0.3) is 0 Å². The van der Waals surface area contributed by atoms with Crippen LogP contribution in [0.25, 0.3) is 0 Å². The Balaban J connectivity index is 1.56. The van der Waals surface area contributed by atoms with Gasteiger partial charge >= 0.3 is 0 Å². The second-order valence-electron chi connectivity index (χ2n) is 8.06. The van der Waals surface area contributed by atoms with Gasteiger partial charge in [-0.15, -0.1) is 0 Å². The summed E-state index contributed by atoms with van der Waals surface area (Å²) in [5.74, 6) is 0.191. The van der Waals surface area contributed by atoms with Crippen molar-refractivity contribution in [1.82, 2.24) is 14.8 Å². The molecule has 1 unspecified atom stereocenters. The Labute approximate surface area is 156 Å². The Kier molecular flexibility index (Phi) is 6.37. The Morgan fingerprint density at radius 1 is 1.50 bits per heavy atom. The number of nitrogens with zero attached hydrogens (tertiary/aromatic N) is 2. The van der Waals surface area contributed by atoms with E-state index in [0.29, 0.717) is 38.8 Å². The smallest absolute Gasteiger partial charge is 0.223 e. The summed E-state index contributed by atoms with van der Waals surface area (Å²) in [5, 5.41) is 0. The van der Waals surface area contributed by atoms with Gasteiger partial charge in [0.05, 0.1) is 25.9 Å². The number of rotatable bonds is 6. The van der Waals surface area contributed by atoms with Gasteiger partial charge in [0.1, 0.15) is 5.60 Å². The maximum absolute atomic E-state index is 12.7. The van der Waals surface area contributed by atoms with Crippen molar-refractivity contribution in [3.8, 4) is 0 Å². The standard InChI is InChI=1S/C20H33N3O3/c1-16(2)22(3)13-18-8-9-20(26-18)14-23(11-12-25-15-20)19(24)7-6-17-5-4-10-21-17/h4-5,10,16,18,21H,6-9,11-15H2,1-3H3/t18?,20-/m0/s1. The minimum atomic E-state index is -0.332. The largest absolute Gasteiger partial charge is 0.377 e. The molecule has 146 valence electrons. The quantitative estimate of drug-likeness (QED) is 0.841. The van der Waals surface area contributed by atoms with Crippen LogP contribution in [0.3, 0.4) is 0 Å². The molecule has 2 atom stereocenters. The van der Waals surface area contributed by atoms with Crippen molar-refractivity contribution < 1.29 is 14.3 Å². The van der Waals surface area contributed by atoms with Gasteiger partial charge in [-0.25, -0.2) is 0 Å². The number of hydrogen-bond donors (Lipinski definition) is 1. The molecule has 1 N–H and O–H groups in total. The van der Waals surface area contributed by atoms with Gasteiger partial charge in [0.15, 0.2) is 0 Å². The Morgan fingerprint density at radius 2 is 2.35 bits per heavy atom. The summed E-state index contributed by atoms with van der Waals surface area (Å²) in [5.41, 5.74) is 0.772. The number of carbonyl (C=O) groups is 1. The highest BCUT2D eigenvalue weighted by molar-refractivity contribution is 5.76. The first-order chi connectivity index (χ1) is 12.5. The second kappa shape index (κ2) is 8.55. The topological polar surface area (TPSA) is 57.8 Å². The van der Waals surface area contributed by atoms with E-state index < -0.39 is 0 Å². The van der Waals surface area contributed by atoms with E-state index in [1.807, 2.05) is 23.2 Å². The van der Waals surface area contributed by atoms with Crippen molar-refractivity contribution in [1.29, 1.82) is 0 Å². The van der Waals surface area contributed by atoms with Gasteiger partial charge < -0.3 is 24.3 Å². The van der Waals surface area contributed by atoms with E-state index in [1.165, 1.54) is 0 Å². The fourth-order valence-electron chi connectivity index (χ4n) is 3.82. The lowest BCUT2D eigenvalue weighted by molar-refractivity contribution is -0.136. The molecule has 2 aliphatic heterocycles. The predicted molar refractivity (Wildman–Crippen MR) is 101 cm³/mol. The number of aryl methyl sites for hydroxylation is 1. The summed E-state index contributed by atoms with van der Waals surface area (Å²) in [6, 6.07) is 4.50. The highest BCUT2D eigenvalue weighted by atomic mass is 16.6. The van der Waals surface area contributed by atoms with Gasteiger partial charge in [-0.05, 0) is 52.3 Å². The van der Waals surface area contributed by atoms with Crippen LogP contribution in [0.1, 0.15) is 38.8 Å². The average molecular weight is 364 g/mol. The molecule has 2 saturated heterocycles. The lowest BCUT2D eigenvalue weighted by Gasteiger charge is -2.33. The number of H-pyrrole nitrogens is 1. The summed E-state index contributed by atoms with van der Waals surface area (Å²) in [4.78, 5) is 20.2. The van der Waals surface area contributed by atoms with E-state index in [-0.39, 0.29) is 17.6 Å². The minimum absolute atomic E-state index is 0.191. The van der Waals surface area contributed by atoms with Gasteiger partial charge in [0, 0.05) is 37.4 Å². The van der Waals surface area contributed by atoms with Crippen LogP contribution in [0.2, 0.25) is 0 Å². The highest BCUT2D eigenvalue weighted by Crippen LogP contribution is 2.33. The first-order valence-electron chi connectivity index (χ1n) is 9.83. The number of aromatic amines is 1. The molecule has 3 heterocycles. The molecule has 0 aromatic carbocycles. The molecule has 0 bridgehead atoms. The van der Waals surface area contributed by atoms with E-state index in [1.54, 1.807) is 0 Å². The van der Waals surface area contributed by atoms with Crippen LogP contribution in [0.15, 0.2) is 18.3 Å². The molecule has 1 aromatic heterocycles. The van der Waals surface area contributed by atoms with E-state index in [4.69, 9.17) is 9.47 Å². The van der Waals surface area contributed by atoms with E-state index in [0.717, 1.165) is 31.5 Å². The van der Waals surface area contributed by atoms with Crippen LogP contribution >= 0.6 is 0 Å². The maximum atomic E-state index is 12.7. The van der Waals surface area contributed by atoms with E-state index in [9.17, 15) is 4.79 Å². The predicted octanol–water partition coefficient (Wildman–Crippen LogP) is 2.06. The van der Waals surface area contributed by atoms with Crippen LogP contribution < -0.4 is 0 Å². The second-order valence-corrected chi connectivity index (χ2v) is 8.06. The van der Waals surface area contributed by atoms with E-state index >= 15 is 0 Å². The fourth-order valence-corrected chi connectivity index (χ4v) is 3.82. The van der Waals surface area contributed by atoms with Crippen molar-refractivity contribution in [2.75, 3.05) is 39.9 Å². The number of amides is 1. The normalized spacial score (nSPS) is 26.8. The molecule has 1 amide bonds. The molecule has 3 rings (SSSR count). The Hall–Kier alpha value is -1.37. The number of nitrogens with one attached hydrogen (secondary N) is 1. The van der Waals surface area contributed by atoms with Crippen LogP contribution in [-0.2, 0) is 20.7 Å². The lowest BCUT2D eigenvalue weighted by atomic mass is 9.99. The Bertz CT molecular complexity index is 575.